The van der Waals surface area contributed by atoms with E-state index in [0.717, 1.165) is 5.69 Å². The second kappa shape index (κ2) is 5.51. The molecule has 1 fully saturated rings. The molecule has 0 aliphatic carbocycles. The van der Waals surface area contributed by atoms with Crippen molar-refractivity contribution in [2.45, 2.75) is 19.8 Å². The van der Waals surface area contributed by atoms with Crippen molar-refractivity contribution in [2.24, 2.45) is 0 Å². The molecule has 19 heavy (non-hydrogen) atoms. The Kier molecular flexibility index (Phi) is 3.79. The minimum absolute atomic E-state index is 0.131. The van der Waals surface area contributed by atoms with Gasteiger partial charge in [0.25, 0.3) is 0 Å². The summed E-state index contributed by atoms with van der Waals surface area (Å²) in [5.41, 5.74) is 1.48. The van der Waals surface area contributed by atoms with Crippen LogP contribution in [-0.4, -0.2) is 29.3 Å². The molecule has 1 saturated heterocycles. The summed E-state index contributed by atoms with van der Waals surface area (Å²) in [7, 11) is 0. The molecule has 1 aromatic carbocycles. The van der Waals surface area contributed by atoms with Crippen LogP contribution in [0.5, 0.6) is 0 Å². The van der Waals surface area contributed by atoms with Crippen molar-refractivity contribution in [3.05, 3.63) is 24.3 Å². The van der Waals surface area contributed by atoms with Crippen molar-refractivity contribution in [1.82, 2.24) is 4.90 Å². The van der Waals surface area contributed by atoms with E-state index in [9.17, 15) is 14.4 Å². The third-order valence-electron chi connectivity index (χ3n) is 2.80. The molecule has 1 aliphatic heterocycles. The van der Waals surface area contributed by atoms with Crippen LogP contribution in [0, 0.1) is 0 Å². The molecule has 100 valence electrons. The van der Waals surface area contributed by atoms with Gasteiger partial charge in [0.2, 0.25) is 17.7 Å². The maximum absolute atomic E-state index is 11.4. The lowest BCUT2D eigenvalue weighted by molar-refractivity contribution is -0.137. The van der Waals surface area contributed by atoms with Gasteiger partial charge in [0.15, 0.2) is 0 Å². The van der Waals surface area contributed by atoms with E-state index in [-0.39, 0.29) is 24.4 Å². The molecule has 6 nitrogen and oxygen atoms in total. The summed E-state index contributed by atoms with van der Waals surface area (Å²) in [5, 5.41) is 5.66. The van der Waals surface area contributed by atoms with Gasteiger partial charge < -0.3 is 10.6 Å². The van der Waals surface area contributed by atoms with Gasteiger partial charge in [-0.25, -0.2) is 0 Å². The predicted molar refractivity (Wildman–Crippen MR) is 70.3 cm³/mol. The average Bonchev–Trinajstić information content (AvgIpc) is 2.68. The number of nitrogens with zero attached hydrogens (tertiary/aromatic N) is 1. The highest BCUT2D eigenvalue weighted by molar-refractivity contribution is 6.02. The molecule has 0 saturated carbocycles. The van der Waals surface area contributed by atoms with Crippen LogP contribution in [0.3, 0.4) is 0 Å². The quantitative estimate of drug-likeness (QED) is 0.797. The Morgan fingerprint density at radius 3 is 2.16 bits per heavy atom. The zero-order valence-corrected chi connectivity index (χ0v) is 10.6. The van der Waals surface area contributed by atoms with Crippen molar-refractivity contribution in [2.75, 3.05) is 17.3 Å². The SMILES string of the molecule is CC(=O)Nc1ccc(NCN2C(=O)CCC2=O)cc1. The van der Waals surface area contributed by atoms with E-state index in [2.05, 4.69) is 10.6 Å². The Bertz CT molecular complexity index is 494. The molecule has 2 rings (SSSR count). The number of carbonyl (C=O) groups is 3. The molecule has 2 N–H and O–H groups in total. The van der Waals surface area contributed by atoms with Crippen molar-refractivity contribution >= 4 is 29.1 Å². The number of carbonyl (C=O) groups excluding carboxylic acids is 3. The van der Waals surface area contributed by atoms with Gasteiger partial charge >= 0.3 is 0 Å². The van der Waals surface area contributed by atoms with Crippen LogP contribution in [0.15, 0.2) is 24.3 Å². The van der Waals surface area contributed by atoms with Gasteiger partial charge in [-0.15, -0.1) is 0 Å². The standard InChI is InChI=1S/C13H15N3O3/c1-9(17)15-11-4-2-10(3-5-11)14-8-16-12(18)6-7-13(16)19/h2-5,14H,6-8H2,1H3,(H,15,17). The fraction of sp³-hybridized carbons (Fsp3) is 0.308. The van der Waals surface area contributed by atoms with Crippen molar-refractivity contribution in [3.63, 3.8) is 0 Å². The predicted octanol–water partition coefficient (Wildman–Crippen LogP) is 1.16. The van der Waals surface area contributed by atoms with Gasteiger partial charge in [0.1, 0.15) is 0 Å². The fourth-order valence-corrected chi connectivity index (χ4v) is 1.84. The van der Waals surface area contributed by atoms with E-state index in [1.54, 1.807) is 24.3 Å². The van der Waals surface area contributed by atoms with E-state index in [1.165, 1.54) is 11.8 Å². The van der Waals surface area contributed by atoms with E-state index < -0.39 is 0 Å². The second-order valence-corrected chi connectivity index (χ2v) is 4.31. The lowest BCUT2D eigenvalue weighted by Crippen LogP contribution is -2.33. The zero-order valence-electron chi connectivity index (χ0n) is 10.6. The second-order valence-electron chi connectivity index (χ2n) is 4.31. The normalized spacial score (nSPS) is 14.7. The van der Waals surface area contributed by atoms with Gasteiger partial charge in [-0.05, 0) is 24.3 Å². The first-order chi connectivity index (χ1) is 9.06. The number of nitrogens with one attached hydrogen (secondary N) is 2. The van der Waals surface area contributed by atoms with E-state index in [4.69, 9.17) is 0 Å². The third kappa shape index (κ3) is 3.31. The molecule has 1 aromatic rings. The first-order valence-electron chi connectivity index (χ1n) is 6.01. The summed E-state index contributed by atoms with van der Waals surface area (Å²) in [6, 6.07) is 7.04. The van der Waals surface area contributed by atoms with Crippen LogP contribution in [0.25, 0.3) is 0 Å². The number of amides is 3. The summed E-state index contributed by atoms with van der Waals surface area (Å²) >= 11 is 0. The Labute approximate surface area is 110 Å². The van der Waals surface area contributed by atoms with E-state index in [0.29, 0.717) is 18.5 Å². The van der Waals surface area contributed by atoms with Gasteiger partial charge in [0.05, 0.1) is 6.67 Å². The van der Waals surface area contributed by atoms with Crippen LogP contribution in [0.2, 0.25) is 0 Å². The summed E-state index contributed by atoms with van der Waals surface area (Å²) in [5.74, 6) is -0.422. The minimum Gasteiger partial charge on any atom is -0.367 e. The molecule has 1 heterocycles. The molecule has 0 bridgehead atoms. The van der Waals surface area contributed by atoms with Crippen LogP contribution in [0.4, 0.5) is 11.4 Å². The number of likely N-dealkylation sites (tertiary alicyclic amines) is 1. The van der Waals surface area contributed by atoms with Crippen LogP contribution in [-0.2, 0) is 14.4 Å². The largest absolute Gasteiger partial charge is 0.367 e. The Morgan fingerprint density at radius 2 is 1.63 bits per heavy atom. The van der Waals surface area contributed by atoms with E-state index >= 15 is 0 Å². The molecule has 6 heteroatoms. The van der Waals surface area contributed by atoms with Crippen molar-refractivity contribution < 1.29 is 14.4 Å². The first-order valence-corrected chi connectivity index (χ1v) is 6.01. The van der Waals surface area contributed by atoms with Crippen molar-refractivity contribution in [3.8, 4) is 0 Å². The third-order valence-corrected chi connectivity index (χ3v) is 2.80. The molecular weight excluding hydrogens is 246 g/mol. The minimum atomic E-state index is -0.146. The number of imide groups is 1. The van der Waals surface area contributed by atoms with Gasteiger partial charge in [0, 0.05) is 31.1 Å². The maximum Gasteiger partial charge on any atom is 0.231 e. The molecule has 0 aromatic heterocycles. The van der Waals surface area contributed by atoms with E-state index in [1.807, 2.05) is 0 Å². The number of hydrogen-bond donors (Lipinski definition) is 2. The monoisotopic (exact) mass is 261 g/mol. The highest BCUT2D eigenvalue weighted by atomic mass is 16.2. The van der Waals surface area contributed by atoms with Crippen molar-refractivity contribution in [1.29, 1.82) is 0 Å². The number of rotatable bonds is 4. The number of anilines is 2. The first kappa shape index (κ1) is 13.1. The maximum atomic E-state index is 11.4. The number of hydrogen-bond acceptors (Lipinski definition) is 4. The molecule has 0 unspecified atom stereocenters. The smallest absolute Gasteiger partial charge is 0.231 e. The summed E-state index contributed by atoms with van der Waals surface area (Å²) < 4.78 is 0. The Hall–Kier alpha value is -2.37. The summed E-state index contributed by atoms with van der Waals surface area (Å²) in [6.07, 6.45) is 0.587. The zero-order chi connectivity index (χ0) is 13.8. The molecule has 0 radical (unpaired) electrons. The van der Waals surface area contributed by atoms with Crippen LogP contribution < -0.4 is 10.6 Å². The average molecular weight is 261 g/mol. The lowest BCUT2D eigenvalue weighted by atomic mass is 10.3. The molecule has 1 aliphatic rings. The molecule has 0 spiro atoms. The fourth-order valence-electron chi connectivity index (χ4n) is 1.84. The Balaban J connectivity index is 1.91. The van der Waals surface area contributed by atoms with Gasteiger partial charge in [-0.2, -0.15) is 0 Å². The number of benzene rings is 1. The molecule has 0 atom stereocenters. The Morgan fingerprint density at radius 1 is 1.11 bits per heavy atom. The molecule has 3 amide bonds. The highest BCUT2D eigenvalue weighted by Gasteiger charge is 2.28. The summed E-state index contributed by atoms with van der Waals surface area (Å²) in [6.45, 7) is 1.62. The topological polar surface area (TPSA) is 78.5 Å². The lowest BCUT2D eigenvalue weighted by Gasteiger charge is -2.15. The van der Waals surface area contributed by atoms with Crippen LogP contribution in [0.1, 0.15) is 19.8 Å². The summed E-state index contributed by atoms with van der Waals surface area (Å²) in [4.78, 5) is 34.9. The van der Waals surface area contributed by atoms with Crippen LogP contribution >= 0.6 is 0 Å². The highest BCUT2D eigenvalue weighted by Crippen LogP contribution is 2.15. The van der Waals surface area contributed by atoms with Gasteiger partial charge in [-0.1, -0.05) is 0 Å². The molecular formula is C13H15N3O3. The van der Waals surface area contributed by atoms with Gasteiger partial charge in [-0.3, -0.25) is 19.3 Å².